The van der Waals surface area contributed by atoms with Crippen LogP contribution in [0.1, 0.15) is 28.2 Å². The van der Waals surface area contributed by atoms with Crippen molar-refractivity contribution in [2.75, 3.05) is 0 Å². The lowest BCUT2D eigenvalue weighted by atomic mass is 9.92. The van der Waals surface area contributed by atoms with E-state index in [9.17, 15) is 0 Å². The smallest absolute Gasteiger partial charge is 0.0731 e. The molecular weight excluding hydrogens is 436 g/mol. The summed E-state index contributed by atoms with van der Waals surface area (Å²) in [4.78, 5) is 9.45. The van der Waals surface area contributed by atoms with Crippen molar-refractivity contribution in [2.24, 2.45) is 9.98 Å². The maximum atomic E-state index is 4.80. The van der Waals surface area contributed by atoms with Crippen LogP contribution < -0.4 is 0 Å². The molecule has 0 saturated carbocycles. The van der Waals surface area contributed by atoms with Gasteiger partial charge in [0.05, 0.1) is 16.9 Å². The molecule has 36 heavy (non-hydrogen) atoms. The minimum Gasteiger partial charge on any atom is -0.260 e. The fourth-order valence-electron chi connectivity index (χ4n) is 4.09. The van der Waals surface area contributed by atoms with Crippen LogP contribution in [0.25, 0.3) is 5.57 Å². The molecule has 0 unspecified atom stereocenters. The number of aliphatic imine (C=N–C) groups is 2. The van der Waals surface area contributed by atoms with E-state index in [0.717, 1.165) is 28.1 Å². The maximum Gasteiger partial charge on any atom is 0.0731 e. The molecule has 2 nitrogen and oxygen atoms in total. The second-order valence-electron chi connectivity index (χ2n) is 8.42. The molecular formula is C34H26N2. The van der Waals surface area contributed by atoms with Crippen molar-refractivity contribution in [3.8, 4) is 0 Å². The third kappa shape index (κ3) is 5.82. The van der Waals surface area contributed by atoms with Gasteiger partial charge in [-0.25, -0.2) is 4.99 Å². The van der Waals surface area contributed by atoms with Gasteiger partial charge in [-0.1, -0.05) is 121 Å². The summed E-state index contributed by atoms with van der Waals surface area (Å²) < 4.78 is 0. The zero-order valence-electron chi connectivity index (χ0n) is 19.9. The summed E-state index contributed by atoms with van der Waals surface area (Å²) in [6.07, 6.45) is 2.02. The van der Waals surface area contributed by atoms with E-state index in [4.69, 9.17) is 4.99 Å². The van der Waals surface area contributed by atoms with E-state index >= 15 is 0 Å². The molecule has 0 heterocycles. The molecule has 0 radical (unpaired) electrons. The van der Waals surface area contributed by atoms with E-state index < -0.39 is 0 Å². The van der Waals surface area contributed by atoms with Gasteiger partial charge in [-0.3, -0.25) is 4.99 Å². The third-order valence-corrected chi connectivity index (χ3v) is 5.96. The van der Waals surface area contributed by atoms with E-state index in [1.54, 1.807) is 0 Å². The molecule has 0 aliphatic heterocycles. The van der Waals surface area contributed by atoms with E-state index in [1.165, 1.54) is 11.1 Å². The van der Waals surface area contributed by atoms with Crippen molar-refractivity contribution in [3.05, 3.63) is 168 Å². The lowest BCUT2D eigenvalue weighted by Crippen LogP contribution is -2.02. The molecule has 0 aliphatic carbocycles. The summed E-state index contributed by atoms with van der Waals surface area (Å²) in [6, 6.07) is 49.4. The first-order valence-electron chi connectivity index (χ1n) is 12.1. The first-order chi connectivity index (χ1) is 17.9. The number of hydrogen-bond donors (Lipinski definition) is 0. The third-order valence-electron chi connectivity index (χ3n) is 5.96. The number of hydrogen-bond acceptors (Lipinski definition) is 2. The van der Waals surface area contributed by atoms with Crippen LogP contribution in [0.3, 0.4) is 0 Å². The molecule has 0 N–H and O–H groups in total. The minimum absolute atomic E-state index is 0.0901. The Bertz CT molecular complexity index is 1380. The summed E-state index contributed by atoms with van der Waals surface area (Å²) >= 11 is 0. The fourth-order valence-corrected chi connectivity index (χ4v) is 4.09. The molecule has 172 valence electrons. The first kappa shape index (κ1) is 23.0. The van der Waals surface area contributed by atoms with Gasteiger partial charge in [-0.15, -0.1) is 0 Å². The molecule has 0 amide bonds. The summed E-state index contributed by atoms with van der Waals surface area (Å²) in [6.45, 7) is 0. The average molecular weight is 463 g/mol. The second kappa shape index (κ2) is 11.6. The number of nitrogens with zero attached hydrogens (tertiary/aromatic N) is 2. The van der Waals surface area contributed by atoms with E-state index in [1.807, 2.05) is 79.0 Å². The van der Waals surface area contributed by atoms with Crippen LogP contribution in [0.2, 0.25) is 0 Å². The molecule has 5 rings (SSSR count). The summed E-state index contributed by atoms with van der Waals surface area (Å²) in [7, 11) is 0. The van der Waals surface area contributed by atoms with Crippen molar-refractivity contribution in [1.29, 1.82) is 0 Å². The van der Waals surface area contributed by atoms with E-state index in [0.29, 0.717) is 0 Å². The van der Waals surface area contributed by atoms with Crippen molar-refractivity contribution >= 4 is 29.0 Å². The predicted molar refractivity (Wildman–Crippen MR) is 152 cm³/mol. The maximum absolute atomic E-state index is 4.80. The normalized spacial score (nSPS) is 10.8. The Morgan fingerprint density at radius 1 is 0.500 bits per heavy atom. The lowest BCUT2D eigenvalue weighted by molar-refractivity contribution is 1.10. The molecule has 0 bridgehead atoms. The Labute approximate surface area is 212 Å². The summed E-state index contributed by atoms with van der Waals surface area (Å²) in [5, 5.41) is 0. The Hall–Kier alpha value is -4.78. The van der Waals surface area contributed by atoms with Crippen LogP contribution in [0.15, 0.2) is 156 Å². The fraction of sp³-hybridized carbons (Fsp3) is 0.0294. The van der Waals surface area contributed by atoms with Gasteiger partial charge < -0.3 is 0 Å². The molecule has 0 aliphatic rings. The van der Waals surface area contributed by atoms with Crippen LogP contribution in [0.4, 0.5) is 11.4 Å². The zero-order chi connectivity index (χ0) is 24.4. The topological polar surface area (TPSA) is 24.7 Å². The Morgan fingerprint density at radius 3 is 1.39 bits per heavy atom. The van der Waals surface area contributed by atoms with Crippen LogP contribution in [0.5, 0.6) is 0 Å². The first-order valence-corrected chi connectivity index (χ1v) is 12.1. The molecule has 5 aromatic rings. The van der Waals surface area contributed by atoms with Crippen LogP contribution >= 0.6 is 0 Å². The molecule has 0 atom stereocenters. The van der Waals surface area contributed by atoms with Gasteiger partial charge in [0, 0.05) is 12.1 Å². The number of benzene rings is 5. The number of rotatable bonds is 7. The van der Waals surface area contributed by atoms with Crippen molar-refractivity contribution < 1.29 is 0 Å². The summed E-state index contributed by atoms with van der Waals surface area (Å²) in [5.41, 5.74) is 7.29. The standard InChI is InChI=1S/C34H26N2/c1-5-13-27(14-6-1)33(28-15-7-2-8-16-28)25-35-31-21-23-32(24-22-31)36-26-34(29-17-9-3-10-18-29)30-19-11-4-12-20-30/h1-25,33H. The van der Waals surface area contributed by atoms with Gasteiger partial charge in [0.2, 0.25) is 0 Å². The molecule has 5 aromatic carbocycles. The minimum atomic E-state index is 0.0901. The monoisotopic (exact) mass is 462 g/mol. The van der Waals surface area contributed by atoms with Crippen LogP contribution in [0, 0.1) is 0 Å². The highest BCUT2D eigenvalue weighted by Crippen LogP contribution is 2.25. The van der Waals surface area contributed by atoms with Gasteiger partial charge in [0.1, 0.15) is 0 Å². The molecule has 0 saturated heterocycles. The summed E-state index contributed by atoms with van der Waals surface area (Å²) in [5.74, 6) is 3.37. The van der Waals surface area contributed by atoms with E-state index in [2.05, 4.69) is 83.7 Å². The molecule has 0 spiro atoms. The van der Waals surface area contributed by atoms with Crippen LogP contribution in [-0.4, -0.2) is 12.1 Å². The molecule has 0 aromatic heterocycles. The SMILES string of the molecule is C(=Nc1ccc(N=CC(c2ccccc2)c2ccccc2)cc1)=C(c1ccccc1)c1ccccc1. The highest BCUT2D eigenvalue weighted by molar-refractivity contribution is 5.99. The zero-order valence-corrected chi connectivity index (χ0v) is 19.9. The Kier molecular flexibility index (Phi) is 7.39. The molecule has 0 fully saturated rings. The molecule has 2 heteroatoms. The van der Waals surface area contributed by atoms with Crippen molar-refractivity contribution in [2.45, 2.75) is 5.92 Å². The highest BCUT2D eigenvalue weighted by atomic mass is 14.7. The van der Waals surface area contributed by atoms with Gasteiger partial charge in [-0.2, -0.15) is 0 Å². The quantitative estimate of drug-likeness (QED) is 0.216. The van der Waals surface area contributed by atoms with Gasteiger partial charge in [0.25, 0.3) is 0 Å². The van der Waals surface area contributed by atoms with Crippen molar-refractivity contribution in [3.63, 3.8) is 0 Å². The Morgan fingerprint density at radius 2 is 0.917 bits per heavy atom. The second-order valence-corrected chi connectivity index (χ2v) is 8.42. The predicted octanol–water partition coefficient (Wildman–Crippen LogP) is 8.65. The van der Waals surface area contributed by atoms with Gasteiger partial charge >= 0.3 is 0 Å². The largest absolute Gasteiger partial charge is 0.260 e. The average Bonchev–Trinajstić information content (AvgIpc) is 2.96. The van der Waals surface area contributed by atoms with Gasteiger partial charge in [0.15, 0.2) is 0 Å². The van der Waals surface area contributed by atoms with Gasteiger partial charge in [-0.05, 0) is 52.4 Å². The highest BCUT2D eigenvalue weighted by Gasteiger charge is 2.11. The van der Waals surface area contributed by atoms with Crippen molar-refractivity contribution in [1.82, 2.24) is 0 Å². The Balaban J connectivity index is 1.41. The lowest BCUT2D eigenvalue weighted by Gasteiger charge is -2.13. The van der Waals surface area contributed by atoms with E-state index in [-0.39, 0.29) is 5.92 Å². The van der Waals surface area contributed by atoms with Crippen LogP contribution in [-0.2, 0) is 0 Å².